The summed E-state index contributed by atoms with van der Waals surface area (Å²) in [6.45, 7) is 0. The molecule has 0 N–H and O–H groups in total. The molecule has 0 fully saturated rings. The molecule has 6 nitrogen and oxygen atoms in total. The van der Waals surface area contributed by atoms with Gasteiger partial charge >= 0.3 is 0 Å². The monoisotopic (exact) mass is 379 g/mol. The van der Waals surface area contributed by atoms with Gasteiger partial charge in [0.15, 0.2) is 11.5 Å². The van der Waals surface area contributed by atoms with Crippen LogP contribution in [-0.2, 0) is 0 Å². The molecule has 4 rings (SSSR count). The minimum atomic E-state index is 0.175. The second-order valence-electron chi connectivity index (χ2n) is 5.15. The number of para-hydroxylation sites is 1. The van der Waals surface area contributed by atoms with E-state index < -0.39 is 0 Å². The smallest absolute Gasteiger partial charge is 0.205 e. The van der Waals surface area contributed by atoms with E-state index in [1.807, 2.05) is 47.0 Å². The summed E-state index contributed by atoms with van der Waals surface area (Å²) >= 11 is 7.25. The van der Waals surface area contributed by atoms with Crippen molar-refractivity contribution in [2.75, 3.05) is 0 Å². The molecular weight excluding hydrogens is 370 g/mol. The molecule has 1 aromatic carbocycles. The quantitative estimate of drug-likeness (QED) is 0.515. The van der Waals surface area contributed by atoms with E-state index in [9.17, 15) is 0 Å². The molecule has 0 aliphatic carbocycles. The Labute approximate surface area is 158 Å². The van der Waals surface area contributed by atoms with Crippen LogP contribution in [0.25, 0.3) is 17.3 Å². The number of benzene rings is 1. The average molecular weight is 380 g/mol. The first-order valence-corrected chi connectivity index (χ1v) is 8.75. The second kappa shape index (κ2) is 7.04. The van der Waals surface area contributed by atoms with E-state index in [1.165, 1.54) is 11.8 Å². The Morgan fingerprint density at radius 3 is 2.62 bits per heavy atom. The van der Waals surface area contributed by atoms with Crippen LogP contribution in [0.3, 0.4) is 0 Å². The molecule has 3 heterocycles. The van der Waals surface area contributed by atoms with Crippen molar-refractivity contribution >= 4 is 23.4 Å². The summed E-state index contributed by atoms with van der Waals surface area (Å²) in [4.78, 5) is 4.26. The molecule has 0 bridgehead atoms. The van der Waals surface area contributed by atoms with Gasteiger partial charge < -0.3 is 4.42 Å². The number of hydrogen-bond acceptors (Lipinski definition) is 6. The summed E-state index contributed by atoms with van der Waals surface area (Å²) in [6, 6.07) is 18.7. The fourth-order valence-electron chi connectivity index (χ4n) is 2.36. The molecule has 0 aliphatic heterocycles. The lowest BCUT2D eigenvalue weighted by molar-refractivity contribution is 0.575. The van der Waals surface area contributed by atoms with Gasteiger partial charge in [-0.25, -0.2) is 4.98 Å². The summed E-state index contributed by atoms with van der Waals surface area (Å²) in [5, 5.41) is 19.2. The molecular formula is C18H10ClN5OS. The first-order valence-electron chi connectivity index (χ1n) is 7.55. The molecule has 0 spiro atoms. The van der Waals surface area contributed by atoms with Gasteiger partial charge in [-0.1, -0.05) is 29.8 Å². The zero-order valence-corrected chi connectivity index (χ0v) is 14.8. The topological polar surface area (TPSA) is 80.5 Å². The van der Waals surface area contributed by atoms with Gasteiger partial charge in [-0.3, -0.25) is 4.57 Å². The van der Waals surface area contributed by atoms with Crippen LogP contribution in [0, 0.1) is 11.3 Å². The van der Waals surface area contributed by atoms with E-state index in [4.69, 9.17) is 21.3 Å². The molecule has 0 atom stereocenters. The summed E-state index contributed by atoms with van der Waals surface area (Å²) in [5.74, 6) is 1.19. The minimum absolute atomic E-state index is 0.175. The molecule has 0 saturated heterocycles. The van der Waals surface area contributed by atoms with Crippen LogP contribution in [0.2, 0.25) is 5.02 Å². The van der Waals surface area contributed by atoms with Crippen molar-refractivity contribution in [3.05, 3.63) is 71.6 Å². The third-order valence-electron chi connectivity index (χ3n) is 3.51. The van der Waals surface area contributed by atoms with Crippen molar-refractivity contribution in [3.8, 4) is 23.3 Å². The Kier molecular flexibility index (Phi) is 4.44. The van der Waals surface area contributed by atoms with E-state index in [0.717, 1.165) is 5.69 Å². The number of aromatic nitrogens is 4. The van der Waals surface area contributed by atoms with Crippen molar-refractivity contribution in [2.24, 2.45) is 0 Å². The second-order valence-corrected chi connectivity index (χ2v) is 6.54. The molecule has 26 heavy (non-hydrogen) atoms. The average Bonchev–Trinajstić information content (AvgIpc) is 3.33. The van der Waals surface area contributed by atoms with Crippen molar-refractivity contribution in [3.63, 3.8) is 0 Å². The van der Waals surface area contributed by atoms with Crippen molar-refractivity contribution in [1.29, 1.82) is 5.26 Å². The molecule has 0 amide bonds. The van der Waals surface area contributed by atoms with Crippen LogP contribution in [-0.4, -0.2) is 19.7 Å². The number of pyridine rings is 1. The minimum Gasteiger partial charge on any atom is -0.461 e. The van der Waals surface area contributed by atoms with E-state index >= 15 is 0 Å². The third kappa shape index (κ3) is 3.08. The normalized spacial score (nSPS) is 10.6. The Hall–Kier alpha value is -3.08. The van der Waals surface area contributed by atoms with Gasteiger partial charge in [-0.2, -0.15) is 5.26 Å². The van der Waals surface area contributed by atoms with Gasteiger partial charge in [0.2, 0.25) is 11.0 Å². The fourth-order valence-corrected chi connectivity index (χ4v) is 3.34. The van der Waals surface area contributed by atoms with Crippen LogP contribution in [0.4, 0.5) is 0 Å². The van der Waals surface area contributed by atoms with E-state index in [2.05, 4.69) is 15.2 Å². The third-order valence-corrected chi connectivity index (χ3v) is 4.70. The summed E-state index contributed by atoms with van der Waals surface area (Å²) in [5.41, 5.74) is 1.06. The van der Waals surface area contributed by atoms with Crippen LogP contribution >= 0.6 is 23.4 Å². The SMILES string of the molecule is N#Cc1nc(Sc2nnc(-c3ccco3)n2-c2ccccc2)ccc1Cl. The van der Waals surface area contributed by atoms with Crippen molar-refractivity contribution < 1.29 is 4.42 Å². The lowest BCUT2D eigenvalue weighted by atomic mass is 10.3. The number of nitrogens with zero attached hydrogens (tertiary/aromatic N) is 5. The van der Waals surface area contributed by atoms with Gasteiger partial charge in [0.05, 0.1) is 11.3 Å². The highest BCUT2D eigenvalue weighted by atomic mass is 35.5. The lowest BCUT2D eigenvalue weighted by Gasteiger charge is -2.09. The molecule has 0 radical (unpaired) electrons. The number of nitriles is 1. The number of rotatable bonds is 4. The zero-order chi connectivity index (χ0) is 17.9. The lowest BCUT2D eigenvalue weighted by Crippen LogP contribution is -1.99. The van der Waals surface area contributed by atoms with Gasteiger partial charge in [0, 0.05) is 5.69 Å². The first-order chi connectivity index (χ1) is 12.8. The maximum absolute atomic E-state index is 9.12. The number of hydrogen-bond donors (Lipinski definition) is 0. The molecule has 8 heteroatoms. The van der Waals surface area contributed by atoms with Crippen LogP contribution in [0.15, 0.2) is 75.5 Å². The molecule has 4 aromatic rings. The van der Waals surface area contributed by atoms with Gasteiger partial charge in [-0.05, 0) is 48.2 Å². The highest BCUT2D eigenvalue weighted by Gasteiger charge is 2.19. The molecule has 3 aromatic heterocycles. The Balaban J connectivity index is 1.81. The molecule has 0 aliphatic rings. The molecule has 126 valence electrons. The van der Waals surface area contributed by atoms with Crippen molar-refractivity contribution in [1.82, 2.24) is 19.7 Å². The van der Waals surface area contributed by atoms with E-state index in [-0.39, 0.29) is 5.69 Å². The molecule has 0 saturated carbocycles. The largest absolute Gasteiger partial charge is 0.461 e. The summed E-state index contributed by atoms with van der Waals surface area (Å²) in [7, 11) is 0. The van der Waals surface area contributed by atoms with Crippen molar-refractivity contribution in [2.45, 2.75) is 10.2 Å². The number of furan rings is 1. The standard InChI is InChI=1S/C18H10ClN5OS/c19-13-8-9-16(21-14(13)11-20)26-18-23-22-17(15-7-4-10-25-15)24(18)12-5-2-1-3-6-12/h1-10H. The predicted molar refractivity (Wildman–Crippen MR) is 97.1 cm³/mol. The van der Waals surface area contributed by atoms with Crippen LogP contribution in [0.1, 0.15) is 5.69 Å². The van der Waals surface area contributed by atoms with Gasteiger partial charge in [0.25, 0.3) is 0 Å². The van der Waals surface area contributed by atoms with Crippen LogP contribution in [0.5, 0.6) is 0 Å². The zero-order valence-electron chi connectivity index (χ0n) is 13.2. The fraction of sp³-hybridized carbons (Fsp3) is 0. The highest BCUT2D eigenvalue weighted by Crippen LogP contribution is 2.32. The van der Waals surface area contributed by atoms with Crippen LogP contribution < -0.4 is 0 Å². The van der Waals surface area contributed by atoms with Gasteiger partial charge in [0.1, 0.15) is 11.1 Å². The maximum atomic E-state index is 9.12. The highest BCUT2D eigenvalue weighted by molar-refractivity contribution is 7.99. The predicted octanol–water partition coefficient (Wildman–Crippen LogP) is 4.60. The van der Waals surface area contributed by atoms with E-state index in [0.29, 0.717) is 26.8 Å². The molecule has 0 unspecified atom stereocenters. The van der Waals surface area contributed by atoms with E-state index in [1.54, 1.807) is 24.5 Å². The summed E-state index contributed by atoms with van der Waals surface area (Å²) in [6.07, 6.45) is 1.59. The number of halogens is 1. The Morgan fingerprint density at radius 2 is 1.88 bits per heavy atom. The maximum Gasteiger partial charge on any atom is 0.205 e. The Bertz CT molecular complexity index is 1090. The summed E-state index contributed by atoms with van der Waals surface area (Å²) < 4.78 is 7.37. The van der Waals surface area contributed by atoms with Gasteiger partial charge in [-0.15, -0.1) is 10.2 Å². The first kappa shape index (κ1) is 16.4. The Morgan fingerprint density at radius 1 is 1.04 bits per heavy atom.